The van der Waals surface area contributed by atoms with Crippen molar-refractivity contribution in [2.45, 2.75) is 57.5 Å². The second kappa shape index (κ2) is 11.5. The monoisotopic (exact) mass is 596 g/mol. The molecule has 1 aliphatic rings. The molecule has 1 fully saturated rings. The molecule has 0 aromatic heterocycles. The van der Waals surface area contributed by atoms with Crippen molar-refractivity contribution in [2.24, 2.45) is 5.92 Å². The first-order valence-corrected chi connectivity index (χ1v) is 13.5. The lowest BCUT2D eigenvalue weighted by molar-refractivity contribution is -0.188. The summed E-state index contributed by atoms with van der Waals surface area (Å²) in [5.41, 5.74) is -1.89. The van der Waals surface area contributed by atoms with Crippen LogP contribution >= 0.6 is 0 Å². The summed E-state index contributed by atoms with van der Waals surface area (Å²) in [6.07, 6.45) is 1.37. The van der Waals surface area contributed by atoms with Gasteiger partial charge in [0.25, 0.3) is 0 Å². The van der Waals surface area contributed by atoms with Gasteiger partial charge < -0.3 is 4.74 Å². The van der Waals surface area contributed by atoms with Crippen LogP contribution in [0.15, 0.2) is 48.5 Å². The van der Waals surface area contributed by atoms with Gasteiger partial charge in [-0.3, -0.25) is 0 Å². The molecule has 0 radical (unpaired) electrons. The van der Waals surface area contributed by atoms with Crippen molar-refractivity contribution in [3.63, 3.8) is 0 Å². The minimum atomic E-state index is -4.38. The maximum atomic E-state index is 15.2. The molecule has 222 valence electrons. The molecule has 0 saturated heterocycles. The lowest BCUT2D eigenvalue weighted by Crippen LogP contribution is -2.24. The topological polar surface area (TPSA) is 9.23 Å². The molecule has 1 nitrogen and oxygen atoms in total. The van der Waals surface area contributed by atoms with Crippen LogP contribution in [0.25, 0.3) is 21.9 Å². The maximum Gasteiger partial charge on any atom is 0.429 e. The van der Waals surface area contributed by atoms with E-state index in [1.165, 1.54) is 6.07 Å². The molecular weight excluding hydrogens is 571 g/mol. The Labute approximate surface area is 235 Å². The number of alkyl halides is 2. The third-order valence-corrected chi connectivity index (χ3v) is 7.94. The molecule has 0 bridgehead atoms. The number of hydrogen-bond donors (Lipinski definition) is 0. The molecule has 0 aliphatic heterocycles. The van der Waals surface area contributed by atoms with Crippen LogP contribution in [0.2, 0.25) is 0 Å². The molecule has 5 rings (SSSR count). The molecule has 0 atom stereocenters. The van der Waals surface area contributed by atoms with Crippen molar-refractivity contribution < 1.29 is 44.3 Å². The van der Waals surface area contributed by atoms with Gasteiger partial charge in [0.1, 0.15) is 5.82 Å². The summed E-state index contributed by atoms with van der Waals surface area (Å²) in [4.78, 5) is 0. The smallest absolute Gasteiger partial charge is 0.426 e. The second-order valence-electron chi connectivity index (χ2n) is 10.6. The third kappa shape index (κ3) is 5.55. The molecular formula is C32H25F9O. The quantitative estimate of drug-likeness (QED) is 0.152. The fraction of sp³-hybridized carbons (Fsp3) is 0.312. The summed E-state index contributed by atoms with van der Waals surface area (Å²) >= 11 is 0. The van der Waals surface area contributed by atoms with E-state index in [0.717, 1.165) is 62.8 Å². The number of ether oxygens (including phenoxy) is 1. The van der Waals surface area contributed by atoms with Crippen LogP contribution in [-0.2, 0) is 6.11 Å². The van der Waals surface area contributed by atoms with E-state index < -0.39 is 74.7 Å². The van der Waals surface area contributed by atoms with Crippen LogP contribution in [-0.4, -0.2) is 0 Å². The molecule has 4 aromatic rings. The Morgan fingerprint density at radius 3 is 2.00 bits per heavy atom. The standard InChI is InChI=1S/C32H25F9O/c1-2-3-16-4-6-17(7-5-16)18-8-10-22(23(33)13-18)32(40,41)42-26-11-9-19-12-21(28(36)31(39)27(19)30(26)38)20-14-24(34)29(37)25(35)15-20/h8-17H,2-7H2,1H3. The van der Waals surface area contributed by atoms with Gasteiger partial charge >= 0.3 is 6.11 Å². The van der Waals surface area contributed by atoms with Crippen LogP contribution in [0, 0.1) is 46.6 Å². The lowest BCUT2D eigenvalue weighted by atomic mass is 9.77. The van der Waals surface area contributed by atoms with E-state index in [1.54, 1.807) is 0 Å². The highest BCUT2D eigenvalue weighted by atomic mass is 19.3. The van der Waals surface area contributed by atoms with Crippen LogP contribution in [0.3, 0.4) is 0 Å². The molecule has 1 aliphatic carbocycles. The fourth-order valence-corrected chi connectivity index (χ4v) is 5.77. The predicted molar refractivity (Wildman–Crippen MR) is 140 cm³/mol. The minimum Gasteiger partial charge on any atom is -0.426 e. The van der Waals surface area contributed by atoms with Gasteiger partial charge in [-0.1, -0.05) is 31.9 Å². The van der Waals surface area contributed by atoms with Crippen molar-refractivity contribution in [1.82, 2.24) is 0 Å². The van der Waals surface area contributed by atoms with Gasteiger partial charge in [-0.05, 0) is 90.4 Å². The van der Waals surface area contributed by atoms with Crippen molar-refractivity contribution >= 4 is 10.8 Å². The number of rotatable bonds is 7. The summed E-state index contributed by atoms with van der Waals surface area (Å²) in [5, 5.41) is -1.45. The first-order valence-electron chi connectivity index (χ1n) is 13.5. The number of halogens is 9. The molecule has 0 spiro atoms. The Morgan fingerprint density at radius 1 is 0.714 bits per heavy atom. The van der Waals surface area contributed by atoms with E-state index >= 15 is 13.2 Å². The van der Waals surface area contributed by atoms with Crippen molar-refractivity contribution in [1.29, 1.82) is 0 Å². The van der Waals surface area contributed by atoms with Crippen LogP contribution in [0.4, 0.5) is 39.5 Å². The second-order valence-corrected chi connectivity index (χ2v) is 10.6. The first-order chi connectivity index (χ1) is 19.9. The molecule has 0 amide bonds. The first kappa shape index (κ1) is 29.8. The number of benzene rings is 4. The van der Waals surface area contributed by atoms with Crippen LogP contribution in [0.5, 0.6) is 5.75 Å². The molecule has 4 aromatic carbocycles. The Morgan fingerprint density at radius 2 is 1.38 bits per heavy atom. The van der Waals surface area contributed by atoms with Crippen molar-refractivity contribution in [3.05, 3.63) is 100 Å². The van der Waals surface area contributed by atoms with Gasteiger partial charge in [-0.15, -0.1) is 0 Å². The summed E-state index contributed by atoms with van der Waals surface area (Å²) < 4.78 is 135. The highest BCUT2D eigenvalue weighted by molar-refractivity contribution is 5.90. The normalized spacial score (nSPS) is 17.6. The molecule has 0 heterocycles. The number of hydrogen-bond acceptors (Lipinski definition) is 1. The zero-order valence-corrected chi connectivity index (χ0v) is 22.3. The largest absolute Gasteiger partial charge is 0.429 e. The highest BCUT2D eigenvalue weighted by Crippen LogP contribution is 2.42. The fourth-order valence-electron chi connectivity index (χ4n) is 5.77. The van der Waals surface area contributed by atoms with E-state index in [4.69, 9.17) is 0 Å². The van der Waals surface area contributed by atoms with E-state index in [2.05, 4.69) is 11.7 Å². The van der Waals surface area contributed by atoms with E-state index in [1.807, 2.05) is 0 Å². The van der Waals surface area contributed by atoms with E-state index in [9.17, 15) is 26.3 Å². The summed E-state index contributed by atoms with van der Waals surface area (Å²) in [5.74, 6) is -12.3. The SMILES string of the molecule is CCCC1CCC(c2ccc(C(F)(F)Oc3ccc4cc(-c5cc(F)c(F)c(F)c5)c(F)c(F)c4c3F)c(F)c2)CC1. The van der Waals surface area contributed by atoms with Crippen molar-refractivity contribution in [3.8, 4) is 16.9 Å². The zero-order valence-electron chi connectivity index (χ0n) is 22.3. The third-order valence-electron chi connectivity index (χ3n) is 7.94. The molecule has 0 unspecified atom stereocenters. The maximum absolute atomic E-state index is 15.2. The van der Waals surface area contributed by atoms with Crippen LogP contribution < -0.4 is 4.74 Å². The predicted octanol–water partition coefficient (Wildman–Crippen LogP) is 10.7. The van der Waals surface area contributed by atoms with Gasteiger partial charge in [0, 0.05) is 5.56 Å². The Balaban J connectivity index is 1.43. The van der Waals surface area contributed by atoms with Gasteiger partial charge in [-0.25, -0.2) is 30.7 Å². The number of fused-ring (bicyclic) bond motifs is 1. The molecule has 42 heavy (non-hydrogen) atoms. The van der Waals surface area contributed by atoms with Gasteiger partial charge in [0.15, 0.2) is 40.7 Å². The average Bonchev–Trinajstić information content (AvgIpc) is 2.95. The Bertz CT molecular complexity index is 1620. The molecule has 10 heteroatoms. The van der Waals surface area contributed by atoms with Crippen molar-refractivity contribution in [2.75, 3.05) is 0 Å². The van der Waals surface area contributed by atoms with E-state index in [-0.39, 0.29) is 11.3 Å². The van der Waals surface area contributed by atoms with E-state index in [0.29, 0.717) is 29.7 Å². The lowest BCUT2D eigenvalue weighted by Gasteiger charge is -2.29. The summed E-state index contributed by atoms with van der Waals surface area (Å²) in [7, 11) is 0. The zero-order chi connectivity index (χ0) is 30.3. The Kier molecular flexibility index (Phi) is 8.18. The molecule has 1 saturated carbocycles. The minimum absolute atomic E-state index is 0.0276. The van der Waals surface area contributed by atoms with Gasteiger partial charge in [0.2, 0.25) is 0 Å². The molecule has 0 N–H and O–H groups in total. The Hall–Kier alpha value is -3.69. The summed E-state index contributed by atoms with van der Waals surface area (Å²) in [6, 6.07) is 6.57. The summed E-state index contributed by atoms with van der Waals surface area (Å²) in [6.45, 7) is 2.11. The highest BCUT2D eigenvalue weighted by Gasteiger charge is 2.39. The average molecular weight is 597 g/mol. The van der Waals surface area contributed by atoms with Gasteiger partial charge in [0.05, 0.1) is 10.9 Å². The van der Waals surface area contributed by atoms with Gasteiger partial charge in [-0.2, -0.15) is 8.78 Å². The van der Waals surface area contributed by atoms with Crippen LogP contribution in [0.1, 0.15) is 62.5 Å².